The van der Waals surface area contributed by atoms with Crippen LogP contribution in [0, 0.1) is 0 Å². The number of aliphatic hydroxyl groups is 1. The molecule has 1 amide bonds. The molecule has 21 heavy (non-hydrogen) atoms. The van der Waals surface area contributed by atoms with Crippen LogP contribution in [0.4, 0.5) is 5.82 Å². The number of anilines is 1. The predicted octanol–water partition coefficient (Wildman–Crippen LogP) is 2.28. The van der Waals surface area contributed by atoms with E-state index in [1.54, 1.807) is 13.1 Å². The molecule has 0 saturated heterocycles. The van der Waals surface area contributed by atoms with Gasteiger partial charge in [0.05, 0.1) is 6.10 Å². The number of carbonyl (C=O) groups excluding carboxylic acids is 1. The molecule has 1 saturated carbocycles. The minimum absolute atomic E-state index is 0.0582. The fourth-order valence-electron chi connectivity index (χ4n) is 2.60. The van der Waals surface area contributed by atoms with Gasteiger partial charge in [0, 0.05) is 24.3 Å². The van der Waals surface area contributed by atoms with Crippen LogP contribution in [-0.4, -0.2) is 35.2 Å². The van der Waals surface area contributed by atoms with E-state index in [2.05, 4.69) is 29.5 Å². The number of nitrogens with one attached hydrogen (secondary N) is 2. The Morgan fingerprint density at radius 3 is 2.52 bits per heavy atom. The molecule has 116 valence electrons. The Bertz CT molecular complexity index is 494. The molecule has 2 rings (SSSR count). The largest absolute Gasteiger partial charge is 0.393 e. The summed E-state index contributed by atoms with van der Waals surface area (Å²) in [6.07, 6.45) is 3.00. The zero-order valence-corrected chi connectivity index (χ0v) is 13.0. The third-order valence-corrected chi connectivity index (χ3v) is 3.99. The molecule has 0 radical (unpaired) electrons. The summed E-state index contributed by atoms with van der Waals surface area (Å²) in [6.45, 7) is 4.12. The quantitative estimate of drug-likeness (QED) is 0.795. The number of nitrogens with zero attached hydrogens (tertiary/aromatic N) is 1. The van der Waals surface area contributed by atoms with Crippen LogP contribution in [0.25, 0.3) is 0 Å². The highest BCUT2D eigenvalue weighted by Gasteiger charge is 2.21. The van der Waals surface area contributed by atoms with E-state index < -0.39 is 0 Å². The van der Waals surface area contributed by atoms with Crippen molar-refractivity contribution in [2.45, 2.75) is 57.6 Å². The minimum Gasteiger partial charge on any atom is -0.393 e. The highest BCUT2D eigenvalue weighted by molar-refractivity contribution is 5.95. The molecule has 0 aromatic carbocycles. The molecule has 0 spiro atoms. The van der Waals surface area contributed by atoms with Crippen LogP contribution >= 0.6 is 0 Å². The van der Waals surface area contributed by atoms with E-state index in [4.69, 9.17) is 0 Å². The highest BCUT2D eigenvalue weighted by atomic mass is 16.3. The first-order valence-electron chi connectivity index (χ1n) is 7.68. The number of pyridine rings is 1. The number of amides is 1. The summed E-state index contributed by atoms with van der Waals surface area (Å²) in [5.41, 5.74) is 1.55. The lowest BCUT2D eigenvalue weighted by molar-refractivity contribution is 0.0867. The topological polar surface area (TPSA) is 74.2 Å². The fourth-order valence-corrected chi connectivity index (χ4v) is 2.60. The summed E-state index contributed by atoms with van der Waals surface area (Å²) in [5.74, 6) is 0.928. The summed E-state index contributed by atoms with van der Waals surface area (Å²) in [5, 5.41) is 15.6. The number of hydrogen-bond donors (Lipinski definition) is 3. The molecule has 0 atom stereocenters. The fraction of sp³-hybridized carbons (Fsp3) is 0.625. The highest BCUT2D eigenvalue weighted by Crippen LogP contribution is 2.20. The van der Waals surface area contributed by atoms with Gasteiger partial charge in [0.1, 0.15) is 5.82 Å². The van der Waals surface area contributed by atoms with Gasteiger partial charge in [-0.2, -0.15) is 0 Å². The van der Waals surface area contributed by atoms with Gasteiger partial charge < -0.3 is 15.7 Å². The van der Waals surface area contributed by atoms with Gasteiger partial charge in [-0.1, -0.05) is 13.8 Å². The van der Waals surface area contributed by atoms with Crippen molar-refractivity contribution in [1.82, 2.24) is 10.3 Å². The van der Waals surface area contributed by atoms with Gasteiger partial charge in [0.15, 0.2) is 0 Å². The van der Waals surface area contributed by atoms with Gasteiger partial charge in [-0.25, -0.2) is 4.98 Å². The summed E-state index contributed by atoms with van der Waals surface area (Å²) < 4.78 is 0. The van der Waals surface area contributed by atoms with Gasteiger partial charge in [0.25, 0.3) is 5.91 Å². The second kappa shape index (κ2) is 6.89. The van der Waals surface area contributed by atoms with Crippen molar-refractivity contribution >= 4 is 11.7 Å². The molecule has 5 heteroatoms. The van der Waals surface area contributed by atoms with Crippen LogP contribution in [0.15, 0.2) is 12.1 Å². The molecule has 1 aliphatic rings. The zero-order chi connectivity index (χ0) is 15.4. The average Bonchev–Trinajstić information content (AvgIpc) is 2.49. The molecule has 1 aromatic heterocycles. The van der Waals surface area contributed by atoms with E-state index in [1.165, 1.54) is 0 Å². The SMILES string of the molecule is CNc1cc(C(=O)NC2CCC(O)CC2)cc(C(C)C)n1. The third-order valence-electron chi connectivity index (χ3n) is 3.99. The Balaban J connectivity index is 2.09. The van der Waals surface area contributed by atoms with E-state index in [0.717, 1.165) is 31.4 Å². The third kappa shape index (κ3) is 4.17. The van der Waals surface area contributed by atoms with E-state index in [-0.39, 0.29) is 24.0 Å². The zero-order valence-electron chi connectivity index (χ0n) is 13.0. The van der Waals surface area contributed by atoms with Crippen molar-refractivity contribution in [2.75, 3.05) is 12.4 Å². The van der Waals surface area contributed by atoms with Crippen molar-refractivity contribution in [2.24, 2.45) is 0 Å². The van der Waals surface area contributed by atoms with Crippen LogP contribution in [0.5, 0.6) is 0 Å². The molecule has 1 fully saturated rings. The first-order valence-corrected chi connectivity index (χ1v) is 7.68. The summed E-state index contributed by atoms with van der Waals surface area (Å²) in [6, 6.07) is 3.80. The van der Waals surface area contributed by atoms with Crippen LogP contribution in [0.2, 0.25) is 0 Å². The molecule has 0 unspecified atom stereocenters. The summed E-state index contributed by atoms with van der Waals surface area (Å²) in [7, 11) is 1.80. The van der Waals surface area contributed by atoms with Gasteiger partial charge >= 0.3 is 0 Å². The maximum Gasteiger partial charge on any atom is 0.251 e. The molecule has 5 nitrogen and oxygen atoms in total. The molecular weight excluding hydrogens is 266 g/mol. The van der Waals surface area contributed by atoms with Crippen molar-refractivity contribution in [3.8, 4) is 0 Å². The van der Waals surface area contributed by atoms with E-state index in [1.807, 2.05) is 6.07 Å². The maximum absolute atomic E-state index is 12.4. The van der Waals surface area contributed by atoms with Crippen LogP contribution in [-0.2, 0) is 0 Å². The predicted molar refractivity (Wildman–Crippen MR) is 83.6 cm³/mol. The van der Waals surface area contributed by atoms with Crippen molar-refractivity contribution in [3.05, 3.63) is 23.4 Å². The lowest BCUT2D eigenvalue weighted by Gasteiger charge is -2.26. The Labute approximate surface area is 126 Å². The first-order chi connectivity index (χ1) is 9.99. The van der Waals surface area contributed by atoms with Crippen molar-refractivity contribution < 1.29 is 9.90 Å². The number of rotatable bonds is 4. The van der Waals surface area contributed by atoms with Crippen molar-refractivity contribution in [3.63, 3.8) is 0 Å². The Kier molecular flexibility index (Phi) is 5.17. The standard InChI is InChI=1S/C16H25N3O2/c1-10(2)14-8-11(9-15(17-3)19-14)16(21)18-12-4-6-13(20)7-5-12/h8-10,12-13,20H,4-7H2,1-3H3,(H,17,19)(H,18,21). The molecule has 0 aliphatic heterocycles. The molecule has 1 heterocycles. The number of hydrogen-bond acceptors (Lipinski definition) is 4. The Hall–Kier alpha value is -1.62. The second-order valence-corrected chi connectivity index (χ2v) is 6.05. The van der Waals surface area contributed by atoms with Gasteiger partial charge in [0.2, 0.25) is 0 Å². The minimum atomic E-state index is -0.206. The van der Waals surface area contributed by atoms with E-state index in [9.17, 15) is 9.90 Å². The van der Waals surface area contributed by atoms with E-state index >= 15 is 0 Å². The van der Waals surface area contributed by atoms with Crippen LogP contribution in [0.3, 0.4) is 0 Å². The number of aliphatic hydroxyl groups excluding tert-OH is 1. The maximum atomic E-state index is 12.4. The number of aromatic nitrogens is 1. The second-order valence-electron chi connectivity index (χ2n) is 6.05. The molecule has 1 aromatic rings. The lowest BCUT2D eigenvalue weighted by Crippen LogP contribution is -2.38. The van der Waals surface area contributed by atoms with Gasteiger partial charge in [-0.05, 0) is 43.7 Å². The van der Waals surface area contributed by atoms with Gasteiger partial charge in [-0.15, -0.1) is 0 Å². The molecular formula is C16H25N3O2. The summed E-state index contributed by atoms with van der Waals surface area (Å²) >= 11 is 0. The Morgan fingerprint density at radius 2 is 1.95 bits per heavy atom. The molecule has 1 aliphatic carbocycles. The molecule has 3 N–H and O–H groups in total. The summed E-state index contributed by atoms with van der Waals surface area (Å²) in [4.78, 5) is 16.9. The van der Waals surface area contributed by atoms with Gasteiger partial charge in [-0.3, -0.25) is 4.79 Å². The first kappa shape index (κ1) is 15.8. The Morgan fingerprint density at radius 1 is 1.29 bits per heavy atom. The smallest absolute Gasteiger partial charge is 0.251 e. The van der Waals surface area contributed by atoms with Crippen LogP contribution < -0.4 is 10.6 Å². The normalized spacial score (nSPS) is 22.1. The monoisotopic (exact) mass is 291 g/mol. The number of carbonyl (C=O) groups is 1. The van der Waals surface area contributed by atoms with Crippen molar-refractivity contribution in [1.29, 1.82) is 0 Å². The van der Waals surface area contributed by atoms with Crippen LogP contribution in [0.1, 0.15) is 61.5 Å². The lowest BCUT2D eigenvalue weighted by atomic mass is 9.93. The average molecular weight is 291 g/mol. The molecule has 0 bridgehead atoms. The van der Waals surface area contributed by atoms with E-state index in [0.29, 0.717) is 11.4 Å².